The summed E-state index contributed by atoms with van der Waals surface area (Å²) in [7, 11) is 0. The Labute approximate surface area is 144 Å². The van der Waals surface area contributed by atoms with E-state index in [2.05, 4.69) is 4.98 Å². The number of carboxylic acid groups (broad SMARTS) is 2. The first kappa shape index (κ1) is 16.4. The van der Waals surface area contributed by atoms with E-state index in [4.69, 9.17) is 0 Å². The third-order valence-electron chi connectivity index (χ3n) is 3.86. The Kier molecular flexibility index (Phi) is 4.31. The van der Waals surface area contributed by atoms with Crippen molar-refractivity contribution in [1.29, 1.82) is 0 Å². The van der Waals surface area contributed by atoms with Crippen molar-refractivity contribution >= 4 is 11.9 Å². The van der Waals surface area contributed by atoms with Gasteiger partial charge in [-0.3, -0.25) is 4.98 Å². The number of carbonyl (C=O) groups is 2. The van der Waals surface area contributed by atoms with Gasteiger partial charge in [0.1, 0.15) is 0 Å². The van der Waals surface area contributed by atoms with E-state index in [0.717, 1.165) is 5.56 Å². The van der Waals surface area contributed by atoms with Crippen LogP contribution in [0.2, 0.25) is 0 Å². The molecule has 0 saturated heterocycles. The number of pyridine rings is 1. The van der Waals surface area contributed by atoms with Crippen LogP contribution in [0.25, 0.3) is 22.4 Å². The molecule has 0 aliphatic carbocycles. The molecule has 2 aromatic carbocycles. The summed E-state index contributed by atoms with van der Waals surface area (Å²) < 4.78 is 0. The van der Waals surface area contributed by atoms with Gasteiger partial charge in [-0.2, -0.15) is 0 Å². The number of hydrogen-bond donors (Lipinski definition) is 2. The average molecular weight is 333 g/mol. The molecule has 0 unspecified atom stereocenters. The first-order valence-electron chi connectivity index (χ1n) is 7.60. The minimum Gasteiger partial charge on any atom is -0.478 e. The van der Waals surface area contributed by atoms with Crippen LogP contribution in [0.1, 0.15) is 26.3 Å². The second-order valence-corrected chi connectivity index (χ2v) is 5.68. The molecule has 0 amide bonds. The zero-order valence-corrected chi connectivity index (χ0v) is 13.4. The van der Waals surface area contributed by atoms with Gasteiger partial charge in [-0.15, -0.1) is 0 Å². The smallest absolute Gasteiger partial charge is 0.336 e. The first-order chi connectivity index (χ1) is 12.0. The molecule has 0 bridgehead atoms. The zero-order valence-electron chi connectivity index (χ0n) is 13.4. The molecule has 0 spiro atoms. The number of hydrogen-bond acceptors (Lipinski definition) is 3. The summed E-state index contributed by atoms with van der Waals surface area (Å²) in [6.45, 7) is 1.92. The highest BCUT2D eigenvalue weighted by atomic mass is 16.4. The molecular weight excluding hydrogens is 318 g/mol. The van der Waals surface area contributed by atoms with Gasteiger partial charge in [0.2, 0.25) is 0 Å². The van der Waals surface area contributed by atoms with Crippen LogP contribution < -0.4 is 0 Å². The zero-order chi connectivity index (χ0) is 18.0. The summed E-state index contributed by atoms with van der Waals surface area (Å²) in [6, 6.07) is 15.0. The van der Waals surface area contributed by atoms with Gasteiger partial charge in [0.05, 0.1) is 16.8 Å². The molecule has 0 aliphatic heterocycles. The van der Waals surface area contributed by atoms with Gasteiger partial charge in [0.25, 0.3) is 0 Å². The molecule has 1 heterocycles. The Morgan fingerprint density at radius 1 is 0.880 bits per heavy atom. The molecule has 25 heavy (non-hydrogen) atoms. The first-order valence-corrected chi connectivity index (χ1v) is 7.60. The lowest BCUT2D eigenvalue weighted by molar-refractivity contribution is 0.0687. The Morgan fingerprint density at radius 3 is 2.24 bits per heavy atom. The Bertz CT molecular complexity index is 962. The van der Waals surface area contributed by atoms with Crippen LogP contribution in [0.15, 0.2) is 60.8 Å². The lowest BCUT2D eigenvalue weighted by atomic mass is 9.95. The highest BCUT2D eigenvalue weighted by Crippen LogP contribution is 2.30. The number of aromatic carboxylic acids is 2. The minimum absolute atomic E-state index is 0.0788. The van der Waals surface area contributed by atoms with Crippen molar-refractivity contribution in [3.8, 4) is 22.4 Å². The fourth-order valence-electron chi connectivity index (χ4n) is 2.61. The predicted octanol–water partition coefficient (Wildman–Crippen LogP) is 4.12. The number of benzene rings is 2. The van der Waals surface area contributed by atoms with Crippen molar-refractivity contribution in [2.24, 2.45) is 0 Å². The van der Waals surface area contributed by atoms with E-state index < -0.39 is 11.9 Å². The summed E-state index contributed by atoms with van der Waals surface area (Å²) in [5, 5.41) is 18.8. The molecule has 124 valence electrons. The van der Waals surface area contributed by atoms with Crippen LogP contribution in [0, 0.1) is 6.92 Å². The lowest BCUT2D eigenvalue weighted by Gasteiger charge is -2.10. The molecule has 3 rings (SSSR count). The number of nitrogens with zero attached hydrogens (tertiary/aromatic N) is 1. The largest absolute Gasteiger partial charge is 0.478 e. The molecule has 0 atom stereocenters. The van der Waals surface area contributed by atoms with Crippen molar-refractivity contribution < 1.29 is 19.8 Å². The summed E-state index contributed by atoms with van der Waals surface area (Å²) in [6.07, 6.45) is 1.70. The number of aromatic nitrogens is 1. The van der Waals surface area contributed by atoms with Crippen LogP contribution >= 0.6 is 0 Å². The molecule has 0 aliphatic rings. The minimum atomic E-state index is -1.08. The van der Waals surface area contributed by atoms with Crippen LogP contribution in [-0.2, 0) is 0 Å². The number of rotatable bonds is 4. The molecule has 3 aromatic rings. The third-order valence-corrected chi connectivity index (χ3v) is 3.86. The maximum Gasteiger partial charge on any atom is 0.336 e. The second kappa shape index (κ2) is 6.57. The van der Waals surface area contributed by atoms with Crippen molar-refractivity contribution in [3.63, 3.8) is 0 Å². The van der Waals surface area contributed by atoms with Crippen molar-refractivity contribution in [3.05, 3.63) is 77.5 Å². The molecule has 2 N–H and O–H groups in total. The molecule has 5 nitrogen and oxygen atoms in total. The van der Waals surface area contributed by atoms with Crippen molar-refractivity contribution in [2.45, 2.75) is 6.92 Å². The van der Waals surface area contributed by atoms with Gasteiger partial charge < -0.3 is 10.2 Å². The molecule has 5 heteroatoms. The number of carboxylic acids is 2. The van der Waals surface area contributed by atoms with E-state index in [1.54, 1.807) is 30.5 Å². The van der Waals surface area contributed by atoms with Crippen LogP contribution in [-0.4, -0.2) is 27.1 Å². The maximum atomic E-state index is 11.5. The van der Waals surface area contributed by atoms with Gasteiger partial charge in [0.15, 0.2) is 0 Å². The van der Waals surface area contributed by atoms with E-state index in [1.807, 2.05) is 19.1 Å². The molecule has 0 radical (unpaired) electrons. The van der Waals surface area contributed by atoms with E-state index in [0.29, 0.717) is 22.4 Å². The quantitative estimate of drug-likeness (QED) is 0.750. The normalized spacial score (nSPS) is 10.4. The molecular formula is C20H15NO4. The fraction of sp³-hybridized carbons (Fsp3) is 0.0500. The molecule has 0 saturated carbocycles. The topological polar surface area (TPSA) is 87.5 Å². The number of aryl methyl sites for hydroxylation is 1. The highest BCUT2D eigenvalue weighted by Gasteiger charge is 2.15. The summed E-state index contributed by atoms with van der Waals surface area (Å²) in [4.78, 5) is 27.3. The van der Waals surface area contributed by atoms with E-state index in [-0.39, 0.29) is 11.1 Å². The van der Waals surface area contributed by atoms with Crippen LogP contribution in [0.4, 0.5) is 0 Å². The molecule has 1 aromatic heterocycles. The van der Waals surface area contributed by atoms with E-state index in [9.17, 15) is 19.8 Å². The summed E-state index contributed by atoms with van der Waals surface area (Å²) >= 11 is 0. The monoisotopic (exact) mass is 333 g/mol. The van der Waals surface area contributed by atoms with E-state index in [1.165, 1.54) is 18.2 Å². The predicted molar refractivity (Wildman–Crippen MR) is 93.8 cm³/mol. The average Bonchev–Trinajstić information content (AvgIpc) is 2.62. The lowest BCUT2D eigenvalue weighted by Crippen LogP contribution is -2.01. The van der Waals surface area contributed by atoms with Gasteiger partial charge in [0, 0.05) is 11.8 Å². The van der Waals surface area contributed by atoms with Gasteiger partial charge >= 0.3 is 11.9 Å². The second-order valence-electron chi connectivity index (χ2n) is 5.68. The maximum absolute atomic E-state index is 11.5. The summed E-state index contributed by atoms with van der Waals surface area (Å²) in [5.41, 5.74) is 3.43. The van der Waals surface area contributed by atoms with Crippen LogP contribution in [0.5, 0.6) is 0 Å². The van der Waals surface area contributed by atoms with E-state index >= 15 is 0 Å². The SMILES string of the molecule is Cc1ccc(-c2cc(C(=O)O)cc(-c3ccccc3C(=O)O)c2)nc1. The fourth-order valence-corrected chi connectivity index (χ4v) is 2.61. The standard InChI is InChI=1S/C20H15NO4/c1-12-6-7-18(21-11-12)14-8-13(9-15(10-14)19(22)23)16-4-2-3-5-17(16)20(24)25/h2-11H,1H3,(H,22,23)(H,24,25). The molecule has 0 fully saturated rings. The Morgan fingerprint density at radius 2 is 1.60 bits per heavy atom. The van der Waals surface area contributed by atoms with Gasteiger partial charge in [-0.25, -0.2) is 9.59 Å². The van der Waals surface area contributed by atoms with Crippen molar-refractivity contribution in [1.82, 2.24) is 4.98 Å². The Hall–Kier alpha value is -3.47. The highest BCUT2D eigenvalue weighted by molar-refractivity contribution is 5.98. The summed E-state index contributed by atoms with van der Waals surface area (Å²) in [5.74, 6) is -2.14. The van der Waals surface area contributed by atoms with Crippen LogP contribution in [0.3, 0.4) is 0 Å². The third kappa shape index (κ3) is 3.40. The van der Waals surface area contributed by atoms with Crippen molar-refractivity contribution in [2.75, 3.05) is 0 Å². The Balaban J connectivity index is 2.23. The van der Waals surface area contributed by atoms with Gasteiger partial charge in [-0.05, 0) is 53.9 Å². The van der Waals surface area contributed by atoms with Gasteiger partial charge in [-0.1, -0.05) is 24.3 Å².